The molecule has 1 aliphatic carbocycles. The van der Waals surface area contributed by atoms with Gasteiger partial charge in [-0.25, -0.2) is 0 Å². The van der Waals surface area contributed by atoms with Crippen LogP contribution < -0.4 is 11.1 Å². The van der Waals surface area contributed by atoms with E-state index in [-0.39, 0.29) is 11.3 Å². The Morgan fingerprint density at radius 3 is 3.00 bits per heavy atom. The van der Waals surface area contributed by atoms with Gasteiger partial charge in [-0.3, -0.25) is 9.78 Å². The summed E-state index contributed by atoms with van der Waals surface area (Å²) in [5.41, 5.74) is 6.94. The largest absolute Gasteiger partial charge is 0.397 e. The van der Waals surface area contributed by atoms with E-state index in [1.807, 2.05) is 6.92 Å². The summed E-state index contributed by atoms with van der Waals surface area (Å²) in [5, 5.41) is 2.86. The van der Waals surface area contributed by atoms with Gasteiger partial charge in [0.25, 0.3) is 0 Å². The van der Waals surface area contributed by atoms with Gasteiger partial charge in [-0.15, -0.1) is 0 Å². The summed E-state index contributed by atoms with van der Waals surface area (Å²) in [7, 11) is 0. The molecular weight excluding hydrogens is 190 g/mol. The maximum absolute atomic E-state index is 11.6. The van der Waals surface area contributed by atoms with E-state index in [4.69, 9.17) is 5.73 Å². The van der Waals surface area contributed by atoms with Crippen molar-refractivity contribution in [2.75, 3.05) is 5.73 Å². The zero-order chi connectivity index (χ0) is 10.9. The SMILES string of the molecule is CC1(C(=O)NCc2ncccc2N)CC1. The van der Waals surface area contributed by atoms with Gasteiger partial charge < -0.3 is 11.1 Å². The van der Waals surface area contributed by atoms with Crippen molar-refractivity contribution in [1.29, 1.82) is 0 Å². The average Bonchev–Trinajstić information content (AvgIpc) is 2.96. The normalized spacial score (nSPS) is 17.1. The fourth-order valence-corrected chi connectivity index (χ4v) is 1.39. The van der Waals surface area contributed by atoms with E-state index in [0.717, 1.165) is 18.5 Å². The molecule has 15 heavy (non-hydrogen) atoms. The van der Waals surface area contributed by atoms with Gasteiger partial charge in [0, 0.05) is 11.6 Å². The molecule has 0 unspecified atom stereocenters. The summed E-state index contributed by atoms with van der Waals surface area (Å²) in [5.74, 6) is 0.104. The maximum atomic E-state index is 11.6. The first-order chi connectivity index (χ1) is 7.12. The molecule has 0 aliphatic heterocycles. The predicted molar refractivity (Wildman–Crippen MR) is 57.8 cm³/mol. The number of pyridine rings is 1. The van der Waals surface area contributed by atoms with Gasteiger partial charge in [-0.2, -0.15) is 0 Å². The summed E-state index contributed by atoms with van der Waals surface area (Å²) < 4.78 is 0. The zero-order valence-corrected chi connectivity index (χ0v) is 8.79. The molecule has 4 nitrogen and oxygen atoms in total. The van der Waals surface area contributed by atoms with Gasteiger partial charge in [0.1, 0.15) is 0 Å². The van der Waals surface area contributed by atoms with Crippen molar-refractivity contribution in [2.45, 2.75) is 26.3 Å². The number of carbonyl (C=O) groups excluding carboxylic acids is 1. The van der Waals surface area contributed by atoms with Gasteiger partial charge in [0.2, 0.25) is 5.91 Å². The molecule has 3 N–H and O–H groups in total. The number of rotatable bonds is 3. The highest BCUT2D eigenvalue weighted by atomic mass is 16.2. The van der Waals surface area contributed by atoms with Crippen molar-refractivity contribution in [1.82, 2.24) is 10.3 Å². The standard InChI is InChI=1S/C11H15N3O/c1-11(4-5-11)10(15)14-7-9-8(12)3-2-6-13-9/h2-3,6H,4-5,7,12H2,1H3,(H,14,15). The highest BCUT2D eigenvalue weighted by Gasteiger charge is 2.44. The van der Waals surface area contributed by atoms with Crippen LogP contribution in [0.15, 0.2) is 18.3 Å². The summed E-state index contributed by atoms with van der Waals surface area (Å²) in [6.45, 7) is 2.39. The van der Waals surface area contributed by atoms with E-state index in [9.17, 15) is 4.79 Å². The lowest BCUT2D eigenvalue weighted by atomic mass is 10.1. The van der Waals surface area contributed by atoms with Gasteiger partial charge in [-0.05, 0) is 25.0 Å². The number of aromatic nitrogens is 1. The molecule has 1 aliphatic rings. The number of carbonyl (C=O) groups is 1. The van der Waals surface area contributed by atoms with Crippen LogP contribution in [0, 0.1) is 5.41 Å². The molecule has 0 bridgehead atoms. The van der Waals surface area contributed by atoms with E-state index in [1.54, 1.807) is 18.3 Å². The Morgan fingerprint density at radius 1 is 1.67 bits per heavy atom. The molecule has 4 heteroatoms. The molecule has 0 saturated heterocycles. The summed E-state index contributed by atoms with van der Waals surface area (Å²) in [4.78, 5) is 15.7. The second-order valence-electron chi connectivity index (χ2n) is 4.28. The number of hydrogen-bond donors (Lipinski definition) is 2. The van der Waals surface area contributed by atoms with Gasteiger partial charge >= 0.3 is 0 Å². The van der Waals surface area contributed by atoms with Crippen molar-refractivity contribution in [3.8, 4) is 0 Å². The molecule has 0 aromatic carbocycles. The topological polar surface area (TPSA) is 68.0 Å². The lowest BCUT2D eigenvalue weighted by Gasteiger charge is -2.10. The molecule has 1 fully saturated rings. The third-order valence-electron chi connectivity index (χ3n) is 2.89. The number of amides is 1. The lowest BCUT2D eigenvalue weighted by molar-refractivity contribution is -0.125. The molecule has 1 aromatic rings. The number of nitrogens with zero attached hydrogens (tertiary/aromatic N) is 1. The second-order valence-corrected chi connectivity index (χ2v) is 4.28. The van der Waals surface area contributed by atoms with Crippen LogP contribution in [0.3, 0.4) is 0 Å². The molecular formula is C11H15N3O. The molecule has 1 amide bonds. The zero-order valence-electron chi connectivity index (χ0n) is 8.79. The van der Waals surface area contributed by atoms with Crippen LogP contribution in [0.5, 0.6) is 0 Å². The van der Waals surface area contributed by atoms with Crippen molar-refractivity contribution < 1.29 is 4.79 Å². The van der Waals surface area contributed by atoms with E-state index < -0.39 is 0 Å². The first-order valence-corrected chi connectivity index (χ1v) is 5.09. The first kappa shape index (κ1) is 9.96. The Hall–Kier alpha value is -1.58. The monoisotopic (exact) mass is 205 g/mol. The number of nitrogens with one attached hydrogen (secondary N) is 1. The molecule has 2 rings (SSSR count). The Kier molecular flexibility index (Phi) is 2.34. The molecule has 1 aromatic heterocycles. The Labute approximate surface area is 88.9 Å². The van der Waals surface area contributed by atoms with Crippen LogP contribution in [-0.2, 0) is 11.3 Å². The molecule has 0 spiro atoms. The summed E-state index contributed by atoms with van der Waals surface area (Å²) >= 11 is 0. The van der Waals surface area contributed by atoms with Crippen LogP contribution in [0.25, 0.3) is 0 Å². The number of anilines is 1. The van der Waals surface area contributed by atoms with Crippen LogP contribution in [0.2, 0.25) is 0 Å². The Bertz CT molecular complexity index is 385. The minimum atomic E-state index is -0.135. The van der Waals surface area contributed by atoms with E-state index in [1.165, 1.54) is 0 Å². The molecule has 1 saturated carbocycles. The summed E-state index contributed by atoms with van der Waals surface area (Å²) in [6.07, 6.45) is 3.64. The Balaban J connectivity index is 1.93. The number of nitrogens with two attached hydrogens (primary N) is 1. The highest BCUT2D eigenvalue weighted by molar-refractivity contribution is 5.84. The molecule has 80 valence electrons. The fraction of sp³-hybridized carbons (Fsp3) is 0.455. The molecule has 0 radical (unpaired) electrons. The third-order valence-corrected chi connectivity index (χ3v) is 2.89. The quantitative estimate of drug-likeness (QED) is 0.775. The third kappa shape index (κ3) is 2.09. The van der Waals surface area contributed by atoms with E-state index in [2.05, 4.69) is 10.3 Å². The van der Waals surface area contributed by atoms with Crippen LogP contribution in [0.4, 0.5) is 5.69 Å². The highest BCUT2D eigenvalue weighted by Crippen LogP contribution is 2.44. The number of hydrogen-bond acceptors (Lipinski definition) is 3. The van der Waals surface area contributed by atoms with Crippen molar-refractivity contribution in [3.63, 3.8) is 0 Å². The van der Waals surface area contributed by atoms with E-state index in [0.29, 0.717) is 12.2 Å². The van der Waals surface area contributed by atoms with Crippen molar-refractivity contribution in [2.24, 2.45) is 5.41 Å². The van der Waals surface area contributed by atoms with Gasteiger partial charge in [0.15, 0.2) is 0 Å². The van der Waals surface area contributed by atoms with Crippen molar-refractivity contribution >= 4 is 11.6 Å². The predicted octanol–water partition coefficient (Wildman–Crippen LogP) is 1.08. The van der Waals surface area contributed by atoms with Gasteiger partial charge in [-0.1, -0.05) is 6.92 Å². The van der Waals surface area contributed by atoms with Gasteiger partial charge in [0.05, 0.1) is 17.9 Å². The van der Waals surface area contributed by atoms with E-state index >= 15 is 0 Å². The van der Waals surface area contributed by atoms with Crippen LogP contribution in [0.1, 0.15) is 25.5 Å². The van der Waals surface area contributed by atoms with Crippen LogP contribution >= 0.6 is 0 Å². The van der Waals surface area contributed by atoms with Crippen molar-refractivity contribution in [3.05, 3.63) is 24.0 Å². The Morgan fingerprint density at radius 2 is 2.40 bits per heavy atom. The van der Waals surface area contributed by atoms with Crippen LogP contribution in [-0.4, -0.2) is 10.9 Å². The first-order valence-electron chi connectivity index (χ1n) is 5.09. The minimum absolute atomic E-state index is 0.104. The molecule has 1 heterocycles. The average molecular weight is 205 g/mol. The summed E-state index contributed by atoms with van der Waals surface area (Å²) in [6, 6.07) is 3.57. The smallest absolute Gasteiger partial charge is 0.226 e. The second kappa shape index (κ2) is 3.53. The maximum Gasteiger partial charge on any atom is 0.226 e. The number of nitrogen functional groups attached to an aromatic ring is 1. The lowest BCUT2D eigenvalue weighted by Crippen LogP contribution is -2.30. The molecule has 0 atom stereocenters. The minimum Gasteiger partial charge on any atom is -0.397 e. The fourth-order valence-electron chi connectivity index (χ4n) is 1.39.